The first-order chi connectivity index (χ1) is 13.4. The molecule has 28 heavy (non-hydrogen) atoms. The second kappa shape index (κ2) is 6.83. The summed E-state index contributed by atoms with van der Waals surface area (Å²) in [6.07, 6.45) is 1.57. The molecule has 1 aliphatic heterocycles. The monoisotopic (exact) mass is 381 g/mol. The third kappa shape index (κ3) is 3.07. The zero-order valence-electron chi connectivity index (χ0n) is 15.7. The van der Waals surface area contributed by atoms with Crippen molar-refractivity contribution < 1.29 is 13.9 Å². The smallest absolute Gasteiger partial charge is 0.265 e. The molecule has 1 aliphatic rings. The summed E-state index contributed by atoms with van der Waals surface area (Å²) in [5.74, 6) is -0.815. The Morgan fingerprint density at radius 2 is 2.04 bits per heavy atom. The number of halogens is 1. The summed E-state index contributed by atoms with van der Waals surface area (Å²) in [5.41, 5.74) is -0.225. The fourth-order valence-electron chi connectivity index (χ4n) is 3.42. The Labute approximate surface area is 161 Å². The lowest BCUT2D eigenvalue weighted by Crippen LogP contribution is -2.46. The summed E-state index contributed by atoms with van der Waals surface area (Å²) >= 11 is 0. The molecule has 2 aromatic heterocycles. The van der Waals surface area contributed by atoms with Crippen LogP contribution in [0.25, 0.3) is 11.0 Å². The molecule has 7 heteroatoms. The summed E-state index contributed by atoms with van der Waals surface area (Å²) in [7, 11) is 0. The summed E-state index contributed by atoms with van der Waals surface area (Å²) in [6, 6.07) is 11.3. The van der Waals surface area contributed by atoms with Gasteiger partial charge in [-0.2, -0.15) is 0 Å². The molecule has 0 aliphatic carbocycles. The van der Waals surface area contributed by atoms with Crippen molar-refractivity contribution in [2.75, 3.05) is 13.3 Å². The van der Waals surface area contributed by atoms with Crippen LogP contribution in [0.2, 0.25) is 0 Å². The number of benzene rings is 1. The number of rotatable bonds is 3. The number of hydrogen-bond donors (Lipinski definition) is 0. The highest BCUT2D eigenvalue weighted by atomic mass is 19.1. The Balaban J connectivity index is 1.87. The number of nitrogens with zero attached hydrogens (tertiary/aromatic N) is 3. The van der Waals surface area contributed by atoms with E-state index < -0.39 is 22.8 Å². The van der Waals surface area contributed by atoms with E-state index >= 15 is 0 Å². The van der Waals surface area contributed by atoms with Gasteiger partial charge in [-0.05, 0) is 38.1 Å². The maximum absolute atomic E-state index is 14.2. The number of pyridine rings is 2. The van der Waals surface area contributed by atoms with Crippen LogP contribution in [0.5, 0.6) is 0 Å². The first-order valence-corrected chi connectivity index (χ1v) is 9.00. The van der Waals surface area contributed by atoms with E-state index in [1.54, 1.807) is 47.5 Å². The predicted octanol–water partition coefficient (Wildman–Crippen LogP) is 2.79. The Kier molecular flexibility index (Phi) is 4.47. The van der Waals surface area contributed by atoms with Crippen molar-refractivity contribution >= 4 is 16.9 Å². The van der Waals surface area contributed by atoms with Gasteiger partial charge in [-0.15, -0.1) is 0 Å². The van der Waals surface area contributed by atoms with E-state index in [-0.39, 0.29) is 18.8 Å². The number of hydrogen-bond acceptors (Lipinski definition) is 4. The van der Waals surface area contributed by atoms with Gasteiger partial charge in [-0.25, -0.2) is 9.37 Å². The molecule has 1 fully saturated rings. The van der Waals surface area contributed by atoms with Crippen LogP contribution in [-0.4, -0.2) is 39.2 Å². The molecule has 144 valence electrons. The summed E-state index contributed by atoms with van der Waals surface area (Å²) in [6.45, 7) is 4.29. The molecule has 1 aromatic carbocycles. The van der Waals surface area contributed by atoms with E-state index in [1.807, 2.05) is 13.8 Å². The van der Waals surface area contributed by atoms with Gasteiger partial charge in [0.2, 0.25) is 0 Å². The van der Waals surface area contributed by atoms with Crippen LogP contribution in [-0.2, 0) is 11.3 Å². The van der Waals surface area contributed by atoms with E-state index in [4.69, 9.17) is 4.74 Å². The molecule has 0 atom stereocenters. The van der Waals surface area contributed by atoms with Gasteiger partial charge in [0.1, 0.15) is 23.8 Å². The number of aromatic nitrogens is 2. The molecular formula is C21H20FN3O3. The Bertz CT molecular complexity index is 1120. The molecule has 6 nitrogen and oxygen atoms in total. The molecular weight excluding hydrogens is 361 g/mol. The highest BCUT2D eigenvalue weighted by Crippen LogP contribution is 2.24. The molecule has 0 bridgehead atoms. The molecule has 0 radical (unpaired) electrons. The van der Waals surface area contributed by atoms with Gasteiger partial charge < -0.3 is 9.64 Å². The first kappa shape index (κ1) is 18.3. The van der Waals surface area contributed by atoms with Crippen LogP contribution < -0.4 is 5.56 Å². The van der Waals surface area contributed by atoms with Gasteiger partial charge in [-0.1, -0.05) is 18.2 Å². The number of carbonyl (C=O) groups is 1. The van der Waals surface area contributed by atoms with E-state index in [2.05, 4.69) is 4.98 Å². The van der Waals surface area contributed by atoms with Gasteiger partial charge in [0.15, 0.2) is 0 Å². The van der Waals surface area contributed by atoms with Crippen molar-refractivity contribution in [3.05, 3.63) is 76.0 Å². The van der Waals surface area contributed by atoms with Gasteiger partial charge in [0.25, 0.3) is 11.5 Å². The lowest BCUT2D eigenvalue weighted by Gasteiger charge is -2.29. The van der Waals surface area contributed by atoms with Crippen molar-refractivity contribution in [1.29, 1.82) is 0 Å². The Morgan fingerprint density at radius 3 is 2.75 bits per heavy atom. The molecule has 0 spiro atoms. The molecule has 4 rings (SSSR count). The summed E-state index contributed by atoms with van der Waals surface area (Å²) < 4.78 is 21.0. The number of ether oxygens (including phenoxy) is 1. The molecule has 0 N–H and O–H groups in total. The lowest BCUT2D eigenvalue weighted by atomic mass is 10.0. The zero-order valence-corrected chi connectivity index (χ0v) is 15.7. The standard InChI is InChI=1S/C21H20FN3O3/c1-21(2)12-28-13-25(21)20(27)16-10-14-7-5-9-23-18(14)24(19(16)26)11-15-6-3-4-8-17(15)22/h3-10H,11-13H2,1-2H3. The van der Waals surface area contributed by atoms with Crippen LogP contribution in [0.1, 0.15) is 29.8 Å². The number of carbonyl (C=O) groups excluding carboxylic acids is 1. The maximum Gasteiger partial charge on any atom is 0.265 e. The number of amides is 1. The molecule has 0 saturated carbocycles. The van der Waals surface area contributed by atoms with Crippen LogP contribution in [0, 0.1) is 5.82 Å². The van der Waals surface area contributed by atoms with E-state index in [9.17, 15) is 14.0 Å². The van der Waals surface area contributed by atoms with Crippen molar-refractivity contribution in [3.8, 4) is 0 Å². The van der Waals surface area contributed by atoms with Gasteiger partial charge >= 0.3 is 0 Å². The minimum absolute atomic E-state index is 0.0139. The fourth-order valence-corrected chi connectivity index (χ4v) is 3.42. The Morgan fingerprint density at radius 1 is 1.25 bits per heavy atom. The molecule has 3 aromatic rings. The quantitative estimate of drug-likeness (QED) is 0.700. The van der Waals surface area contributed by atoms with Crippen molar-refractivity contribution in [1.82, 2.24) is 14.5 Å². The topological polar surface area (TPSA) is 64.4 Å². The minimum atomic E-state index is -0.510. The first-order valence-electron chi connectivity index (χ1n) is 9.00. The van der Waals surface area contributed by atoms with E-state index in [0.29, 0.717) is 23.2 Å². The van der Waals surface area contributed by atoms with Crippen LogP contribution in [0.4, 0.5) is 4.39 Å². The van der Waals surface area contributed by atoms with Crippen molar-refractivity contribution in [3.63, 3.8) is 0 Å². The second-order valence-corrected chi connectivity index (χ2v) is 7.48. The third-order valence-corrected chi connectivity index (χ3v) is 5.02. The van der Waals surface area contributed by atoms with E-state index in [0.717, 1.165) is 0 Å². The highest BCUT2D eigenvalue weighted by molar-refractivity contribution is 5.97. The largest absolute Gasteiger partial charge is 0.359 e. The summed E-state index contributed by atoms with van der Waals surface area (Å²) in [4.78, 5) is 32.2. The molecule has 3 heterocycles. The third-order valence-electron chi connectivity index (χ3n) is 5.02. The zero-order chi connectivity index (χ0) is 19.9. The average Bonchev–Trinajstić information content (AvgIpc) is 3.04. The predicted molar refractivity (Wildman–Crippen MR) is 103 cm³/mol. The van der Waals surface area contributed by atoms with Crippen LogP contribution in [0.15, 0.2) is 53.5 Å². The van der Waals surface area contributed by atoms with Crippen molar-refractivity contribution in [2.45, 2.75) is 25.9 Å². The van der Waals surface area contributed by atoms with E-state index in [1.165, 1.54) is 10.6 Å². The normalized spacial score (nSPS) is 15.9. The lowest BCUT2D eigenvalue weighted by molar-refractivity contribution is 0.0603. The fraction of sp³-hybridized carbons (Fsp3) is 0.286. The van der Waals surface area contributed by atoms with Crippen molar-refractivity contribution in [2.24, 2.45) is 0 Å². The van der Waals surface area contributed by atoms with Crippen LogP contribution in [0.3, 0.4) is 0 Å². The highest BCUT2D eigenvalue weighted by Gasteiger charge is 2.38. The molecule has 1 saturated heterocycles. The van der Waals surface area contributed by atoms with Gasteiger partial charge in [0, 0.05) is 17.1 Å². The van der Waals surface area contributed by atoms with Gasteiger partial charge in [0.05, 0.1) is 18.7 Å². The maximum atomic E-state index is 14.2. The minimum Gasteiger partial charge on any atom is -0.359 e. The summed E-state index contributed by atoms with van der Waals surface area (Å²) in [5, 5.41) is 0.639. The molecule has 0 unspecified atom stereocenters. The number of fused-ring (bicyclic) bond motifs is 1. The van der Waals surface area contributed by atoms with Crippen LogP contribution >= 0.6 is 0 Å². The average molecular weight is 381 g/mol. The molecule has 1 amide bonds. The Hall–Kier alpha value is -3.06. The SMILES string of the molecule is CC1(C)COCN1C(=O)c1cc2cccnc2n(Cc2ccccc2F)c1=O. The second-order valence-electron chi connectivity index (χ2n) is 7.48. The van der Waals surface area contributed by atoms with Gasteiger partial charge in [-0.3, -0.25) is 14.2 Å².